The minimum atomic E-state index is -0.786. The van der Waals surface area contributed by atoms with E-state index in [4.69, 9.17) is 9.47 Å². The molecule has 0 unspecified atom stereocenters. The van der Waals surface area contributed by atoms with Crippen LogP contribution in [0.4, 0.5) is 4.39 Å². The molecule has 0 spiro atoms. The van der Waals surface area contributed by atoms with Gasteiger partial charge in [-0.05, 0) is 68.7 Å². The number of benzene rings is 2. The molecule has 1 N–H and O–H groups in total. The summed E-state index contributed by atoms with van der Waals surface area (Å²) in [6.45, 7) is 1.81. The van der Waals surface area contributed by atoms with Crippen molar-refractivity contribution < 1.29 is 23.5 Å². The number of dihydropyridines is 1. The normalized spacial score (nSPS) is 22.7. The van der Waals surface area contributed by atoms with E-state index in [0.717, 1.165) is 42.7 Å². The van der Waals surface area contributed by atoms with E-state index < -0.39 is 17.7 Å². The van der Waals surface area contributed by atoms with Crippen LogP contribution >= 0.6 is 0 Å². The van der Waals surface area contributed by atoms with E-state index in [-0.39, 0.29) is 17.8 Å². The number of nitrogens with one attached hydrogen (secondary N) is 1. The number of ether oxygens (including phenoxy) is 2. The van der Waals surface area contributed by atoms with Crippen LogP contribution in [0.3, 0.4) is 0 Å². The maximum absolute atomic E-state index is 15.1. The fourth-order valence-electron chi connectivity index (χ4n) is 5.66. The molecule has 1 saturated carbocycles. The van der Waals surface area contributed by atoms with Crippen molar-refractivity contribution in [3.8, 4) is 5.75 Å². The van der Waals surface area contributed by atoms with Gasteiger partial charge in [0.25, 0.3) is 0 Å². The highest BCUT2D eigenvalue weighted by atomic mass is 19.1. The van der Waals surface area contributed by atoms with Gasteiger partial charge in [0.1, 0.15) is 17.7 Å². The number of carbonyl (C=O) groups excluding carboxylic acids is 2. The highest BCUT2D eigenvalue weighted by molar-refractivity contribution is 6.04. The first-order chi connectivity index (χ1) is 17.0. The van der Waals surface area contributed by atoms with Crippen molar-refractivity contribution >= 4 is 11.8 Å². The van der Waals surface area contributed by atoms with Gasteiger partial charge in [-0.1, -0.05) is 30.3 Å². The maximum atomic E-state index is 15.1. The molecule has 1 fully saturated rings. The molecule has 2 aromatic rings. The Morgan fingerprint density at radius 3 is 2.43 bits per heavy atom. The Labute approximate surface area is 205 Å². The number of Topliss-reactive ketones (excluding diaryl/α,β-unsaturated/α-hetero) is 1. The third-order valence-corrected chi connectivity index (χ3v) is 7.43. The van der Waals surface area contributed by atoms with Gasteiger partial charge in [-0.15, -0.1) is 0 Å². The zero-order valence-corrected chi connectivity index (χ0v) is 20.1. The van der Waals surface area contributed by atoms with Crippen molar-refractivity contribution in [3.05, 3.63) is 88.0 Å². The van der Waals surface area contributed by atoms with Crippen LogP contribution in [0.1, 0.15) is 68.4 Å². The summed E-state index contributed by atoms with van der Waals surface area (Å²) in [6.07, 6.45) is 4.51. The van der Waals surface area contributed by atoms with Crippen LogP contribution in [0.2, 0.25) is 0 Å². The van der Waals surface area contributed by atoms with Crippen LogP contribution in [-0.2, 0) is 14.3 Å². The zero-order chi connectivity index (χ0) is 24.5. The number of carbonyl (C=O) groups is 2. The summed E-state index contributed by atoms with van der Waals surface area (Å²) >= 11 is 0. The van der Waals surface area contributed by atoms with Crippen molar-refractivity contribution in [2.75, 3.05) is 7.11 Å². The molecule has 182 valence electrons. The SMILES string of the molecule is COc1ccc([C@H]2CC(=O)C3=C(C2)NC(C)=C(C(=O)OC2CCCC2)[C@H]3c2ccccc2F)cc1. The Morgan fingerprint density at radius 1 is 1.03 bits per heavy atom. The quantitative estimate of drug-likeness (QED) is 0.564. The van der Waals surface area contributed by atoms with Crippen LogP contribution in [0, 0.1) is 5.82 Å². The molecule has 0 amide bonds. The van der Waals surface area contributed by atoms with Crippen LogP contribution in [0.25, 0.3) is 0 Å². The summed E-state index contributed by atoms with van der Waals surface area (Å²) in [5.74, 6) is -1.02. The van der Waals surface area contributed by atoms with Gasteiger partial charge in [0, 0.05) is 29.0 Å². The zero-order valence-electron chi connectivity index (χ0n) is 20.1. The Hall–Kier alpha value is -3.41. The molecule has 5 rings (SSSR count). The molecule has 2 atom stereocenters. The average Bonchev–Trinajstić information content (AvgIpc) is 3.36. The number of methoxy groups -OCH3 is 1. The molecule has 2 aliphatic carbocycles. The number of halogens is 1. The average molecular weight is 476 g/mol. The second-order valence-electron chi connectivity index (χ2n) is 9.62. The van der Waals surface area contributed by atoms with Gasteiger partial charge in [0.05, 0.1) is 18.6 Å². The maximum Gasteiger partial charge on any atom is 0.337 e. The van der Waals surface area contributed by atoms with E-state index in [1.54, 1.807) is 25.3 Å². The van der Waals surface area contributed by atoms with Crippen molar-refractivity contribution in [3.63, 3.8) is 0 Å². The van der Waals surface area contributed by atoms with Crippen LogP contribution in [0.5, 0.6) is 5.75 Å². The smallest absolute Gasteiger partial charge is 0.337 e. The number of rotatable bonds is 5. The molecule has 0 saturated heterocycles. The van der Waals surface area contributed by atoms with Crippen molar-refractivity contribution in [2.24, 2.45) is 0 Å². The van der Waals surface area contributed by atoms with Crippen molar-refractivity contribution in [2.45, 2.75) is 63.4 Å². The van der Waals surface area contributed by atoms with Gasteiger partial charge >= 0.3 is 5.97 Å². The minimum absolute atomic E-state index is 0.0132. The van der Waals surface area contributed by atoms with Crippen LogP contribution in [0.15, 0.2) is 71.1 Å². The molecule has 3 aliphatic rings. The van der Waals surface area contributed by atoms with E-state index in [9.17, 15) is 9.59 Å². The summed E-state index contributed by atoms with van der Waals surface area (Å²) in [7, 11) is 1.62. The lowest BCUT2D eigenvalue weighted by atomic mass is 9.71. The predicted molar refractivity (Wildman–Crippen MR) is 130 cm³/mol. The first-order valence-electron chi connectivity index (χ1n) is 12.3. The molecule has 6 heteroatoms. The van der Waals surface area contributed by atoms with Gasteiger partial charge in [-0.25, -0.2) is 9.18 Å². The Bertz CT molecular complexity index is 1210. The van der Waals surface area contributed by atoms with Crippen LogP contribution < -0.4 is 10.1 Å². The monoisotopic (exact) mass is 475 g/mol. The highest BCUT2D eigenvalue weighted by Gasteiger charge is 2.42. The molecule has 0 bridgehead atoms. The first-order valence-corrected chi connectivity index (χ1v) is 12.3. The van der Waals surface area contributed by atoms with Gasteiger partial charge in [-0.2, -0.15) is 0 Å². The second kappa shape index (κ2) is 9.68. The van der Waals surface area contributed by atoms with E-state index in [0.29, 0.717) is 35.2 Å². The van der Waals surface area contributed by atoms with Gasteiger partial charge in [0.2, 0.25) is 0 Å². The first kappa shape index (κ1) is 23.3. The predicted octanol–water partition coefficient (Wildman–Crippen LogP) is 5.68. The second-order valence-corrected chi connectivity index (χ2v) is 9.62. The van der Waals surface area contributed by atoms with E-state index in [1.165, 1.54) is 6.07 Å². The molecule has 0 aromatic heterocycles. The fraction of sp³-hybridized carbons (Fsp3) is 0.379. The topological polar surface area (TPSA) is 64.6 Å². The number of allylic oxidation sites excluding steroid dienone is 3. The van der Waals surface area contributed by atoms with Crippen molar-refractivity contribution in [1.82, 2.24) is 5.32 Å². The van der Waals surface area contributed by atoms with Gasteiger partial charge < -0.3 is 14.8 Å². The fourth-order valence-corrected chi connectivity index (χ4v) is 5.66. The van der Waals surface area contributed by atoms with Crippen LogP contribution in [-0.4, -0.2) is 25.0 Å². The summed E-state index contributed by atoms with van der Waals surface area (Å²) in [5, 5.41) is 3.34. The lowest BCUT2D eigenvalue weighted by Gasteiger charge is -2.37. The van der Waals surface area contributed by atoms with E-state index in [2.05, 4.69) is 5.32 Å². The summed E-state index contributed by atoms with van der Waals surface area (Å²) in [6, 6.07) is 14.1. The highest BCUT2D eigenvalue weighted by Crippen LogP contribution is 2.46. The largest absolute Gasteiger partial charge is 0.497 e. The third kappa shape index (κ3) is 4.49. The standard InChI is InChI=1S/C29H30FNO4/c1-17-26(29(33)35-21-7-3-4-8-21)27(22-9-5-6-10-23(22)30)28-24(31-17)15-19(16-25(28)32)18-11-13-20(34-2)14-12-18/h5-6,9-14,19,21,27,31H,3-4,7-8,15-16H2,1-2H3/t19-,27-/m1/s1. The lowest BCUT2D eigenvalue weighted by Crippen LogP contribution is -2.37. The van der Waals surface area contributed by atoms with Crippen molar-refractivity contribution in [1.29, 1.82) is 0 Å². The molecular formula is C29H30FNO4. The molecule has 2 aromatic carbocycles. The van der Waals surface area contributed by atoms with Gasteiger partial charge in [-0.3, -0.25) is 4.79 Å². The summed E-state index contributed by atoms with van der Waals surface area (Å²) in [4.78, 5) is 27.0. The van der Waals surface area contributed by atoms with E-state index in [1.807, 2.05) is 31.2 Å². The summed E-state index contributed by atoms with van der Waals surface area (Å²) in [5.41, 5.74) is 3.55. The molecule has 35 heavy (non-hydrogen) atoms. The third-order valence-electron chi connectivity index (χ3n) is 7.43. The number of hydrogen-bond acceptors (Lipinski definition) is 5. The van der Waals surface area contributed by atoms with E-state index >= 15 is 4.39 Å². The van der Waals surface area contributed by atoms with Gasteiger partial charge in [0.15, 0.2) is 5.78 Å². The molecule has 1 aliphatic heterocycles. The Kier molecular flexibility index (Phi) is 6.46. The molecular weight excluding hydrogens is 445 g/mol. The Morgan fingerprint density at radius 2 is 1.74 bits per heavy atom. The summed E-state index contributed by atoms with van der Waals surface area (Å²) < 4.78 is 26.2. The molecule has 1 heterocycles. The number of esters is 1. The lowest BCUT2D eigenvalue weighted by molar-refractivity contribution is -0.144. The minimum Gasteiger partial charge on any atom is -0.497 e. The Balaban J connectivity index is 1.53. The molecule has 0 radical (unpaired) electrons. The number of ketones is 1. The number of hydrogen-bond donors (Lipinski definition) is 1. The molecule has 5 nitrogen and oxygen atoms in total.